The summed E-state index contributed by atoms with van der Waals surface area (Å²) < 4.78 is 6.86. The second-order valence-electron chi connectivity index (χ2n) is 7.48. The third kappa shape index (κ3) is 4.64. The number of aliphatic carboxylic acids is 1. The molecule has 0 saturated carbocycles. The van der Waals surface area contributed by atoms with Gasteiger partial charge in [0.05, 0.1) is 12.7 Å². The van der Waals surface area contributed by atoms with Gasteiger partial charge < -0.3 is 14.8 Å². The lowest BCUT2D eigenvalue weighted by Gasteiger charge is -2.18. The number of carboxylic acids is 1. The zero-order valence-electron chi connectivity index (χ0n) is 16.0. The van der Waals surface area contributed by atoms with E-state index in [-0.39, 0.29) is 30.2 Å². The van der Waals surface area contributed by atoms with Crippen LogP contribution in [0.1, 0.15) is 42.6 Å². The van der Waals surface area contributed by atoms with E-state index in [1.165, 1.54) is 16.4 Å². The number of furan rings is 1. The summed E-state index contributed by atoms with van der Waals surface area (Å²) in [7, 11) is 0. The Hall–Kier alpha value is -3.42. The molecule has 0 unspecified atom stereocenters. The van der Waals surface area contributed by atoms with Crippen LogP contribution < -0.4 is 5.32 Å². The van der Waals surface area contributed by atoms with Crippen molar-refractivity contribution in [3.05, 3.63) is 59.6 Å². The number of carboxylic acid groups (broad SMARTS) is 1. The van der Waals surface area contributed by atoms with E-state index in [1.807, 2.05) is 12.1 Å². The number of rotatable bonds is 6. The average Bonchev–Trinajstić information content (AvgIpc) is 3.28. The van der Waals surface area contributed by atoms with Crippen LogP contribution in [-0.2, 0) is 23.3 Å². The summed E-state index contributed by atoms with van der Waals surface area (Å²) in [5, 5.41) is 18.9. The SMILES string of the molecule is CC(C)(C)c1ccc(-c2ccc(C(=O)NCc3cn(CC(=O)O)nn3)o2)cc1. The van der Waals surface area contributed by atoms with Crippen molar-refractivity contribution in [2.75, 3.05) is 0 Å². The van der Waals surface area contributed by atoms with Crippen LogP contribution in [0.2, 0.25) is 0 Å². The summed E-state index contributed by atoms with van der Waals surface area (Å²) in [6.07, 6.45) is 1.47. The zero-order valence-corrected chi connectivity index (χ0v) is 16.0. The molecule has 1 amide bonds. The van der Waals surface area contributed by atoms with E-state index < -0.39 is 5.97 Å². The maximum atomic E-state index is 12.3. The molecule has 8 nitrogen and oxygen atoms in total. The largest absolute Gasteiger partial charge is 0.480 e. The molecule has 3 aromatic rings. The molecule has 0 aliphatic heterocycles. The molecule has 0 spiro atoms. The van der Waals surface area contributed by atoms with Gasteiger partial charge in [0.1, 0.15) is 18.0 Å². The van der Waals surface area contributed by atoms with Gasteiger partial charge in [0.25, 0.3) is 5.91 Å². The van der Waals surface area contributed by atoms with Gasteiger partial charge in [-0.25, -0.2) is 4.68 Å². The normalized spacial score (nSPS) is 11.4. The molecule has 0 radical (unpaired) electrons. The van der Waals surface area contributed by atoms with Crippen molar-refractivity contribution in [1.82, 2.24) is 20.3 Å². The predicted molar refractivity (Wildman–Crippen MR) is 102 cm³/mol. The molecule has 146 valence electrons. The van der Waals surface area contributed by atoms with Gasteiger partial charge in [-0.3, -0.25) is 9.59 Å². The van der Waals surface area contributed by atoms with Gasteiger partial charge >= 0.3 is 5.97 Å². The first-order valence-corrected chi connectivity index (χ1v) is 8.82. The summed E-state index contributed by atoms with van der Waals surface area (Å²) in [5.74, 6) is -0.602. The number of nitrogens with zero attached hydrogens (tertiary/aromatic N) is 3. The quantitative estimate of drug-likeness (QED) is 0.678. The van der Waals surface area contributed by atoms with Gasteiger partial charge in [-0.15, -0.1) is 5.10 Å². The summed E-state index contributed by atoms with van der Waals surface area (Å²) in [6.45, 7) is 6.29. The number of hydrogen-bond acceptors (Lipinski definition) is 5. The molecule has 0 aliphatic rings. The van der Waals surface area contributed by atoms with Crippen LogP contribution in [0.25, 0.3) is 11.3 Å². The van der Waals surface area contributed by atoms with Crippen LogP contribution in [0.5, 0.6) is 0 Å². The number of carbonyl (C=O) groups excluding carboxylic acids is 1. The van der Waals surface area contributed by atoms with Crippen molar-refractivity contribution in [2.45, 2.75) is 39.3 Å². The molecule has 0 atom stereocenters. The van der Waals surface area contributed by atoms with Crippen LogP contribution in [0.3, 0.4) is 0 Å². The Morgan fingerprint density at radius 3 is 2.50 bits per heavy atom. The zero-order chi connectivity index (χ0) is 20.3. The third-order valence-corrected chi connectivity index (χ3v) is 4.18. The Morgan fingerprint density at radius 1 is 1.14 bits per heavy atom. The molecule has 2 N–H and O–H groups in total. The van der Waals surface area contributed by atoms with E-state index in [0.717, 1.165) is 5.56 Å². The van der Waals surface area contributed by atoms with E-state index in [2.05, 4.69) is 48.5 Å². The molecule has 28 heavy (non-hydrogen) atoms. The molecular formula is C20H22N4O4. The highest BCUT2D eigenvalue weighted by Gasteiger charge is 2.15. The molecule has 3 rings (SSSR count). The van der Waals surface area contributed by atoms with Crippen molar-refractivity contribution in [2.24, 2.45) is 0 Å². The van der Waals surface area contributed by atoms with Gasteiger partial charge in [0.15, 0.2) is 5.76 Å². The van der Waals surface area contributed by atoms with Gasteiger partial charge in [-0.1, -0.05) is 50.3 Å². The smallest absolute Gasteiger partial charge is 0.325 e. The number of nitrogens with one attached hydrogen (secondary N) is 1. The number of benzene rings is 1. The minimum absolute atomic E-state index is 0.0685. The minimum Gasteiger partial charge on any atom is -0.480 e. The first-order chi connectivity index (χ1) is 13.2. The highest BCUT2D eigenvalue weighted by Crippen LogP contribution is 2.27. The van der Waals surface area contributed by atoms with Crippen molar-refractivity contribution < 1.29 is 19.1 Å². The van der Waals surface area contributed by atoms with Crippen molar-refractivity contribution in [1.29, 1.82) is 0 Å². The lowest BCUT2D eigenvalue weighted by Crippen LogP contribution is -2.22. The molecule has 2 heterocycles. The summed E-state index contributed by atoms with van der Waals surface area (Å²) in [5.41, 5.74) is 2.64. The fraction of sp³-hybridized carbons (Fsp3) is 0.300. The van der Waals surface area contributed by atoms with E-state index in [0.29, 0.717) is 11.5 Å². The fourth-order valence-corrected chi connectivity index (χ4v) is 2.64. The molecule has 1 aromatic carbocycles. The molecular weight excluding hydrogens is 360 g/mol. The lowest BCUT2D eigenvalue weighted by molar-refractivity contribution is -0.137. The van der Waals surface area contributed by atoms with Gasteiger partial charge in [0.2, 0.25) is 0 Å². The summed E-state index contributed by atoms with van der Waals surface area (Å²) in [6, 6.07) is 11.4. The first kappa shape index (κ1) is 19.3. The maximum Gasteiger partial charge on any atom is 0.325 e. The highest BCUT2D eigenvalue weighted by molar-refractivity contribution is 5.92. The second-order valence-corrected chi connectivity index (χ2v) is 7.48. The standard InChI is InChI=1S/C20H22N4O4/c1-20(2,3)14-6-4-13(5-7-14)16-8-9-17(28-16)19(27)21-10-15-11-24(23-22-15)12-18(25)26/h4-9,11H,10,12H2,1-3H3,(H,21,27)(H,25,26). The molecule has 0 fully saturated rings. The average molecular weight is 382 g/mol. The van der Waals surface area contributed by atoms with Crippen LogP contribution in [-0.4, -0.2) is 32.0 Å². The molecule has 2 aromatic heterocycles. The molecule has 8 heteroatoms. The van der Waals surface area contributed by atoms with Crippen LogP contribution in [0, 0.1) is 0 Å². The first-order valence-electron chi connectivity index (χ1n) is 8.82. The Bertz CT molecular complexity index is 980. The third-order valence-electron chi connectivity index (χ3n) is 4.18. The van der Waals surface area contributed by atoms with Crippen LogP contribution >= 0.6 is 0 Å². The van der Waals surface area contributed by atoms with E-state index in [4.69, 9.17) is 9.52 Å². The van der Waals surface area contributed by atoms with Crippen molar-refractivity contribution >= 4 is 11.9 Å². The Labute approximate surface area is 162 Å². The number of amides is 1. The molecule has 0 bridgehead atoms. The topological polar surface area (TPSA) is 110 Å². The van der Waals surface area contributed by atoms with E-state index in [1.54, 1.807) is 12.1 Å². The van der Waals surface area contributed by atoms with Crippen LogP contribution in [0.15, 0.2) is 47.0 Å². The second kappa shape index (κ2) is 7.67. The van der Waals surface area contributed by atoms with Crippen molar-refractivity contribution in [3.63, 3.8) is 0 Å². The van der Waals surface area contributed by atoms with E-state index >= 15 is 0 Å². The van der Waals surface area contributed by atoms with Gasteiger partial charge in [-0.2, -0.15) is 0 Å². The highest BCUT2D eigenvalue weighted by atomic mass is 16.4. The Kier molecular flexibility index (Phi) is 5.30. The van der Waals surface area contributed by atoms with E-state index in [9.17, 15) is 9.59 Å². The predicted octanol–water partition coefficient (Wildman–Crippen LogP) is 2.85. The number of hydrogen-bond donors (Lipinski definition) is 2. The minimum atomic E-state index is -1.01. The van der Waals surface area contributed by atoms with Gasteiger partial charge in [-0.05, 0) is 23.1 Å². The summed E-state index contributed by atoms with van der Waals surface area (Å²) >= 11 is 0. The monoisotopic (exact) mass is 382 g/mol. The molecule has 0 aliphatic carbocycles. The Balaban J connectivity index is 1.62. The Morgan fingerprint density at radius 2 is 1.86 bits per heavy atom. The van der Waals surface area contributed by atoms with Crippen molar-refractivity contribution in [3.8, 4) is 11.3 Å². The maximum absolute atomic E-state index is 12.3. The molecule has 0 saturated heterocycles. The van der Waals surface area contributed by atoms with Gasteiger partial charge in [0, 0.05) is 5.56 Å². The fourth-order valence-electron chi connectivity index (χ4n) is 2.64. The number of aromatic nitrogens is 3. The lowest BCUT2D eigenvalue weighted by atomic mass is 9.86. The number of carbonyl (C=O) groups is 2. The van der Waals surface area contributed by atoms with Crippen LogP contribution in [0.4, 0.5) is 0 Å². The summed E-state index contributed by atoms with van der Waals surface area (Å²) in [4.78, 5) is 22.9.